The molecule has 2 rings (SSSR count). The van der Waals surface area contributed by atoms with Gasteiger partial charge in [0, 0.05) is 25.2 Å². The molecule has 0 spiro atoms. The van der Waals surface area contributed by atoms with Crippen LogP contribution in [0.2, 0.25) is 0 Å². The Labute approximate surface area is 110 Å². The van der Waals surface area contributed by atoms with Crippen LogP contribution in [0, 0.1) is 5.41 Å². The van der Waals surface area contributed by atoms with Crippen LogP contribution in [0.25, 0.3) is 0 Å². The second kappa shape index (κ2) is 5.92. The number of nitrogens with zero attached hydrogens (tertiary/aromatic N) is 2. The molecule has 1 aromatic heterocycles. The van der Waals surface area contributed by atoms with Crippen LogP contribution in [0.1, 0.15) is 23.3 Å². The molecule has 2 N–H and O–H groups in total. The summed E-state index contributed by atoms with van der Waals surface area (Å²) in [5.74, 6) is -0.673. The number of alkyl halides is 1. The lowest BCUT2D eigenvalue weighted by Crippen LogP contribution is -2.38. The molecule has 0 aliphatic carbocycles. The molecule has 0 atom stereocenters. The van der Waals surface area contributed by atoms with E-state index in [1.54, 1.807) is 0 Å². The Balaban J connectivity index is 1.95. The summed E-state index contributed by atoms with van der Waals surface area (Å²) >= 11 is 0. The summed E-state index contributed by atoms with van der Waals surface area (Å²) in [7, 11) is 0. The topological polar surface area (TPSA) is 84.3 Å². The van der Waals surface area contributed by atoms with Gasteiger partial charge in [0.25, 0.3) is 0 Å². The molecule has 1 fully saturated rings. The lowest BCUT2D eigenvalue weighted by molar-refractivity contribution is 0.00880. The quantitative estimate of drug-likeness (QED) is 0.839. The number of anilines is 1. The van der Waals surface area contributed by atoms with Gasteiger partial charge in [0.1, 0.15) is 5.82 Å². The van der Waals surface area contributed by atoms with Gasteiger partial charge in [-0.3, -0.25) is 4.39 Å². The van der Waals surface area contributed by atoms with E-state index < -0.39 is 18.1 Å². The van der Waals surface area contributed by atoms with Crippen molar-refractivity contribution in [1.29, 1.82) is 0 Å². The maximum atomic E-state index is 13.2. The Bertz CT molecular complexity index is 432. The van der Waals surface area contributed by atoms with Crippen LogP contribution in [-0.2, 0) is 4.74 Å². The van der Waals surface area contributed by atoms with Crippen molar-refractivity contribution in [3.8, 4) is 0 Å². The highest BCUT2D eigenvalue weighted by Gasteiger charge is 2.32. The van der Waals surface area contributed by atoms with Gasteiger partial charge in [0.15, 0.2) is 5.69 Å². The summed E-state index contributed by atoms with van der Waals surface area (Å²) in [4.78, 5) is 18.3. The third-order valence-corrected chi connectivity index (χ3v) is 3.35. The van der Waals surface area contributed by atoms with Crippen molar-refractivity contribution >= 4 is 11.8 Å². The number of carboxylic acids is 1. The van der Waals surface area contributed by atoms with Crippen molar-refractivity contribution in [3.05, 3.63) is 18.1 Å². The molecule has 0 aromatic carbocycles. The molecule has 19 heavy (non-hydrogen) atoms. The lowest BCUT2D eigenvalue weighted by atomic mass is 9.81. The SMILES string of the molecule is O=C(O)c1cnc(NCC2(CF)CCOCC2)cn1. The molecule has 1 saturated heterocycles. The average Bonchev–Trinajstić information content (AvgIpc) is 2.46. The monoisotopic (exact) mass is 269 g/mol. The van der Waals surface area contributed by atoms with Crippen LogP contribution < -0.4 is 5.32 Å². The number of hydrogen-bond acceptors (Lipinski definition) is 5. The molecule has 1 aliphatic heterocycles. The Kier molecular flexibility index (Phi) is 4.26. The molecule has 6 nitrogen and oxygen atoms in total. The molecule has 0 bridgehead atoms. The predicted octanol–water partition coefficient (Wildman–Crippen LogP) is 1.35. The second-order valence-corrected chi connectivity index (χ2v) is 4.69. The number of ether oxygens (including phenoxy) is 1. The smallest absolute Gasteiger partial charge is 0.356 e. The van der Waals surface area contributed by atoms with Crippen molar-refractivity contribution in [2.75, 3.05) is 31.7 Å². The summed E-state index contributed by atoms with van der Waals surface area (Å²) in [5.41, 5.74) is -0.539. The highest BCUT2D eigenvalue weighted by molar-refractivity contribution is 5.84. The molecule has 0 unspecified atom stereocenters. The molecule has 0 radical (unpaired) electrons. The minimum atomic E-state index is -1.12. The molecular weight excluding hydrogens is 253 g/mol. The van der Waals surface area contributed by atoms with Gasteiger partial charge in [0.05, 0.1) is 19.1 Å². The van der Waals surface area contributed by atoms with Gasteiger partial charge in [-0.15, -0.1) is 0 Å². The molecule has 1 aromatic rings. The summed E-state index contributed by atoms with van der Waals surface area (Å²) in [6.45, 7) is 1.16. The van der Waals surface area contributed by atoms with Gasteiger partial charge in [0.2, 0.25) is 0 Å². The fourth-order valence-corrected chi connectivity index (χ4v) is 1.97. The highest BCUT2D eigenvalue weighted by atomic mass is 19.1. The number of rotatable bonds is 5. The summed E-state index contributed by atoms with van der Waals surface area (Å²) < 4.78 is 18.4. The van der Waals surface area contributed by atoms with Crippen molar-refractivity contribution in [2.24, 2.45) is 5.41 Å². The van der Waals surface area contributed by atoms with Gasteiger partial charge in [-0.2, -0.15) is 0 Å². The van der Waals surface area contributed by atoms with Crippen LogP contribution in [0.3, 0.4) is 0 Å². The van der Waals surface area contributed by atoms with E-state index in [9.17, 15) is 9.18 Å². The minimum Gasteiger partial charge on any atom is -0.476 e. The zero-order valence-electron chi connectivity index (χ0n) is 10.4. The standard InChI is InChI=1S/C12H16FN3O3/c13-7-12(1-3-19-4-2-12)8-16-10-6-14-9(5-15-10)11(17)18/h5-6H,1-4,7-8H2,(H,15,16)(H,17,18). The Morgan fingerprint density at radius 2 is 2.16 bits per heavy atom. The molecule has 104 valence electrons. The van der Waals surface area contributed by atoms with E-state index in [2.05, 4.69) is 15.3 Å². The molecule has 7 heteroatoms. The van der Waals surface area contributed by atoms with Gasteiger partial charge in [-0.05, 0) is 12.8 Å². The Hall–Kier alpha value is -1.76. The van der Waals surface area contributed by atoms with Gasteiger partial charge in [-0.1, -0.05) is 0 Å². The maximum Gasteiger partial charge on any atom is 0.356 e. The third kappa shape index (κ3) is 3.37. The first kappa shape index (κ1) is 13.7. The lowest BCUT2D eigenvalue weighted by Gasteiger charge is -2.34. The molecule has 0 saturated carbocycles. The normalized spacial score (nSPS) is 17.9. The first-order valence-corrected chi connectivity index (χ1v) is 6.08. The van der Waals surface area contributed by atoms with Crippen molar-refractivity contribution in [2.45, 2.75) is 12.8 Å². The number of aromatic carboxylic acids is 1. The summed E-state index contributed by atoms with van der Waals surface area (Å²) in [5, 5.41) is 11.7. The number of hydrogen-bond donors (Lipinski definition) is 2. The van der Waals surface area contributed by atoms with Crippen LogP contribution in [0.4, 0.5) is 10.2 Å². The van der Waals surface area contributed by atoms with Gasteiger partial charge < -0.3 is 15.2 Å². The van der Waals surface area contributed by atoms with E-state index in [-0.39, 0.29) is 5.69 Å². The molecule has 2 heterocycles. The van der Waals surface area contributed by atoms with E-state index in [1.807, 2.05) is 0 Å². The summed E-state index contributed by atoms with van der Waals surface area (Å²) in [6, 6.07) is 0. The highest BCUT2D eigenvalue weighted by Crippen LogP contribution is 2.31. The van der Waals surface area contributed by atoms with Crippen LogP contribution in [0.15, 0.2) is 12.4 Å². The number of carboxylic acid groups (broad SMARTS) is 1. The van der Waals surface area contributed by atoms with Gasteiger partial charge >= 0.3 is 5.97 Å². The minimum absolute atomic E-state index is 0.114. The van der Waals surface area contributed by atoms with E-state index in [0.29, 0.717) is 38.4 Å². The van der Waals surface area contributed by atoms with Crippen LogP contribution in [-0.4, -0.2) is 47.5 Å². The van der Waals surface area contributed by atoms with Crippen LogP contribution >= 0.6 is 0 Å². The fraction of sp³-hybridized carbons (Fsp3) is 0.583. The molecular formula is C12H16FN3O3. The maximum absolute atomic E-state index is 13.2. The van der Waals surface area contributed by atoms with E-state index in [4.69, 9.17) is 9.84 Å². The first-order valence-electron chi connectivity index (χ1n) is 6.08. The van der Waals surface area contributed by atoms with Crippen LogP contribution in [0.5, 0.6) is 0 Å². The van der Waals surface area contributed by atoms with Crippen molar-refractivity contribution < 1.29 is 19.0 Å². The number of aromatic nitrogens is 2. The Morgan fingerprint density at radius 1 is 1.42 bits per heavy atom. The molecule has 0 amide bonds. The second-order valence-electron chi connectivity index (χ2n) is 4.69. The van der Waals surface area contributed by atoms with Gasteiger partial charge in [-0.25, -0.2) is 14.8 Å². The van der Waals surface area contributed by atoms with Crippen molar-refractivity contribution in [1.82, 2.24) is 9.97 Å². The average molecular weight is 269 g/mol. The van der Waals surface area contributed by atoms with E-state index in [0.717, 1.165) is 0 Å². The number of carbonyl (C=O) groups is 1. The predicted molar refractivity (Wildman–Crippen MR) is 65.9 cm³/mol. The number of halogens is 1. The third-order valence-electron chi connectivity index (χ3n) is 3.35. The van der Waals surface area contributed by atoms with E-state index in [1.165, 1.54) is 12.4 Å². The van der Waals surface area contributed by atoms with E-state index >= 15 is 0 Å². The zero-order valence-corrected chi connectivity index (χ0v) is 10.4. The fourth-order valence-electron chi connectivity index (χ4n) is 1.97. The number of nitrogens with one attached hydrogen (secondary N) is 1. The zero-order chi connectivity index (χ0) is 13.7. The summed E-state index contributed by atoms with van der Waals surface area (Å²) in [6.07, 6.45) is 3.85. The first-order chi connectivity index (χ1) is 9.15. The Morgan fingerprint density at radius 3 is 2.68 bits per heavy atom. The largest absolute Gasteiger partial charge is 0.476 e. The molecule has 1 aliphatic rings. The van der Waals surface area contributed by atoms with Crippen molar-refractivity contribution in [3.63, 3.8) is 0 Å².